The normalized spacial score (nSPS) is 10.4. The van der Waals surface area contributed by atoms with E-state index in [4.69, 9.17) is 0 Å². The highest BCUT2D eigenvalue weighted by Crippen LogP contribution is 2.24. The van der Waals surface area contributed by atoms with Gasteiger partial charge in [0.2, 0.25) is 5.95 Å². The van der Waals surface area contributed by atoms with Crippen LogP contribution in [0.15, 0.2) is 60.7 Å². The summed E-state index contributed by atoms with van der Waals surface area (Å²) in [6.07, 6.45) is 0. The minimum atomic E-state index is -0.302. The SMILES string of the molecule is Cc1cc(N(C)c2ccccc2)nc(Nc2cccc(F)c2)n1. The molecule has 0 aliphatic carbocycles. The van der Waals surface area contributed by atoms with Gasteiger partial charge >= 0.3 is 0 Å². The smallest absolute Gasteiger partial charge is 0.229 e. The number of anilines is 4. The van der Waals surface area contributed by atoms with Gasteiger partial charge in [-0.05, 0) is 37.3 Å². The number of aromatic nitrogens is 2. The Kier molecular flexibility index (Phi) is 4.19. The molecule has 0 saturated heterocycles. The van der Waals surface area contributed by atoms with Gasteiger partial charge in [-0.15, -0.1) is 0 Å². The Balaban J connectivity index is 1.90. The first-order chi connectivity index (χ1) is 11.1. The molecule has 116 valence electrons. The van der Waals surface area contributed by atoms with E-state index in [0.29, 0.717) is 11.6 Å². The van der Waals surface area contributed by atoms with Gasteiger partial charge in [-0.1, -0.05) is 24.3 Å². The van der Waals surface area contributed by atoms with Crippen molar-refractivity contribution in [2.24, 2.45) is 0 Å². The fourth-order valence-electron chi connectivity index (χ4n) is 2.26. The van der Waals surface area contributed by atoms with Crippen LogP contribution in [0, 0.1) is 12.7 Å². The van der Waals surface area contributed by atoms with Gasteiger partial charge in [-0.25, -0.2) is 9.37 Å². The third kappa shape index (κ3) is 3.63. The van der Waals surface area contributed by atoms with E-state index < -0.39 is 0 Å². The number of hydrogen-bond acceptors (Lipinski definition) is 4. The van der Waals surface area contributed by atoms with Crippen molar-refractivity contribution in [3.05, 3.63) is 72.2 Å². The van der Waals surface area contributed by atoms with Crippen LogP contribution < -0.4 is 10.2 Å². The van der Waals surface area contributed by atoms with E-state index in [0.717, 1.165) is 17.2 Å². The second kappa shape index (κ2) is 6.44. The first-order valence-corrected chi connectivity index (χ1v) is 7.29. The Morgan fingerprint density at radius 3 is 2.48 bits per heavy atom. The summed E-state index contributed by atoms with van der Waals surface area (Å²) in [7, 11) is 1.95. The molecule has 1 heterocycles. The lowest BCUT2D eigenvalue weighted by atomic mass is 10.3. The lowest BCUT2D eigenvalue weighted by molar-refractivity contribution is 0.628. The van der Waals surface area contributed by atoms with Crippen LogP contribution in [-0.4, -0.2) is 17.0 Å². The van der Waals surface area contributed by atoms with Gasteiger partial charge in [0.05, 0.1) is 0 Å². The summed E-state index contributed by atoms with van der Waals surface area (Å²) in [4.78, 5) is 10.9. The van der Waals surface area contributed by atoms with Crippen LogP contribution in [0.4, 0.5) is 27.5 Å². The molecular formula is C18H17FN4. The number of hydrogen-bond donors (Lipinski definition) is 1. The molecule has 0 aliphatic rings. The zero-order valence-electron chi connectivity index (χ0n) is 13.0. The Labute approximate surface area is 134 Å². The zero-order valence-corrected chi connectivity index (χ0v) is 13.0. The summed E-state index contributed by atoms with van der Waals surface area (Å²) in [5, 5.41) is 3.04. The molecule has 4 nitrogen and oxygen atoms in total. The minimum Gasteiger partial charge on any atom is -0.329 e. The average Bonchev–Trinajstić information content (AvgIpc) is 2.54. The van der Waals surface area contributed by atoms with E-state index in [1.54, 1.807) is 12.1 Å². The molecule has 0 radical (unpaired) electrons. The van der Waals surface area contributed by atoms with Crippen molar-refractivity contribution < 1.29 is 4.39 Å². The number of aryl methyl sites for hydroxylation is 1. The van der Waals surface area contributed by atoms with Crippen LogP contribution in [-0.2, 0) is 0 Å². The van der Waals surface area contributed by atoms with Crippen molar-refractivity contribution in [2.45, 2.75) is 6.92 Å². The molecule has 0 amide bonds. The maximum Gasteiger partial charge on any atom is 0.229 e. The van der Waals surface area contributed by atoms with Crippen LogP contribution >= 0.6 is 0 Å². The number of nitrogens with one attached hydrogen (secondary N) is 1. The molecule has 5 heteroatoms. The third-order valence-corrected chi connectivity index (χ3v) is 3.41. The van der Waals surface area contributed by atoms with Crippen LogP contribution in [0.5, 0.6) is 0 Å². The standard InChI is InChI=1S/C18H17FN4/c1-13-11-17(23(2)16-9-4-3-5-10-16)22-18(20-13)21-15-8-6-7-14(19)12-15/h3-12H,1-2H3,(H,20,21,22). The molecule has 0 unspecified atom stereocenters. The molecule has 23 heavy (non-hydrogen) atoms. The zero-order chi connectivity index (χ0) is 16.2. The van der Waals surface area contributed by atoms with Crippen molar-refractivity contribution >= 4 is 23.1 Å². The van der Waals surface area contributed by atoms with Crippen molar-refractivity contribution in [3.63, 3.8) is 0 Å². The van der Waals surface area contributed by atoms with E-state index in [9.17, 15) is 4.39 Å². The minimum absolute atomic E-state index is 0.302. The molecule has 0 saturated carbocycles. The maximum absolute atomic E-state index is 13.3. The lowest BCUT2D eigenvalue weighted by Crippen LogP contribution is -2.13. The number of halogens is 1. The Hall–Kier alpha value is -2.95. The van der Waals surface area contributed by atoms with Gasteiger partial charge in [0, 0.05) is 30.2 Å². The van der Waals surface area contributed by atoms with Crippen LogP contribution in [0.2, 0.25) is 0 Å². The highest BCUT2D eigenvalue weighted by atomic mass is 19.1. The fourth-order valence-corrected chi connectivity index (χ4v) is 2.26. The molecule has 3 rings (SSSR count). The summed E-state index contributed by atoms with van der Waals surface area (Å²) < 4.78 is 13.3. The molecule has 0 fully saturated rings. The number of para-hydroxylation sites is 1. The lowest BCUT2D eigenvalue weighted by Gasteiger charge is -2.19. The van der Waals surface area contributed by atoms with Crippen molar-refractivity contribution in [1.82, 2.24) is 9.97 Å². The number of rotatable bonds is 4. The molecule has 0 spiro atoms. The van der Waals surface area contributed by atoms with Crippen LogP contribution in [0.1, 0.15) is 5.69 Å². The Morgan fingerprint density at radius 2 is 1.74 bits per heavy atom. The van der Waals surface area contributed by atoms with Gasteiger partial charge in [0.1, 0.15) is 11.6 Å². The summed E-state index contributed by atoms with van der Waals surface area (Å²) in [5.41, 5.74) is 2.47. The first kappa shape index (κ1) is 15.0. The monoisotopic (exact) mass is 308 g/mol. The molecule has 0 bridgehead atoms. The predicted molar refractivity (Wildman–Crippen MR) is 91.0 cm³/mol. The number of benzene rings is 2. The molecular weight excluding hydrogens is 291 g/mol. The molecule has 1 aromatic heterocycles. The molecule has 2 aromatic carbocycles. The van der Waals surface area contributed by atoms with Crippen LogP contribution in [0.3, 0.4) is 0 Å². The van der Waals surface area contributed by atoms with Crippen LogP contribution in [0.25, 0.3) is 0 Å². The van der Waals surface area contributed by atoms with Gasteiger partial charge < -0.3 is 10.2 Å². The van der Waals surface area contributed by atoms with Gasteiger partial charge in [-0.3, -0.25) is 0 Å². The van der Waals surface area contributed by atoms with Crippen molar-refractivity contribution in [1.29, 1.82) is 0 Å². The van der Waals surface area contributed by atoms with E-state index in [2.05, 4.69) is 15.3 Å². The summed E-state index contributed by atoms with van der Waals surface area (Å²) >= 11 is 0. The molecule has 1 N–H and O–H groups in total. The van der Waals surface area contributed by atoms with Gasteiger partial charge in [-0.2, -0.15) is 4.98 Å². The topological polar surface area (TPSA) is 41.1 Å². The molecule has 3 aromatic rings. The average molecular weight is 308 g/mol. The quantitative estimate of drug-likeness (QED) is 0.774. The summed E-state index contributed by atoms with van der Waals surface area (Å²) in [6, 6.07) is 18.1. The second-order valence-corrected chi connectivity index (χ2v) is 5.22. The van der Waals surface area contributed by atoms with Gasteiger partial charge in [0.15, 0.2) is 0 Å². The van der Waals surface area contributed by atoms with Crippen molar-refractivity contribution in [2.75, 3.05) is 17.3 Å². The highest BCUT2D eigenvalue weighted by molar-refractivity contribution is 5.62. The Morgan fingerprint density at radius 1 is 0.957 bits per heavy atom. The third-order valence-electron chi connectivity index (χ3n) is 3.41. The van der Waals surface area contributed by atoms with E-state index in [1.807, 2.05) is 55.3 Å². The molecule has 0 atom stereocenters. The number of nitrogens with zero attached hydrogens (tertiary/aromatic N) is 3. The Bertz CT molecular complexity index is 805. The van der Waals surface area contributed by atoms with E-state index in [-0.39, 0.29) is 5.82 Å². The van der Waals surface area contributed by atoms with E-state index >= 15 is 0 Å². The summed E-state index contributed by atoms with van der Waals surface area (Å²) in [6.45, 7) is 1.90. The summed E-state index contributed by atoms with van der Waals surface area (Å²) in [5.74, 6) is 0.903. The highest BCUT2D eigenvalue weighted by Gasteiger charge is 2.09. The molecule has 0 aliphatic heterocycles. The van der Waals surface area contributed by atoms with E-state index in [1.165, 1.54) is 12.1 Å². The first-order valence-electron chi connectivity index (χ1n) is 7.29. The fraction of sp³-hybridized carbons (Fsp3) is 0.111. The largest absolute Gasteiger partial charge is 0.329 e. The van der Waals surface area contributed by atoms with Gasteiger partial charge in [0.25, 0.3) is 0 Å². The van der Waals surface area contributed by atoms with Crippen molar-refractivity contribution in [3.8, 4) is 0 Å². The second-order valence-electron chi connectivity index (χ2n) is 5.22. The predicted octanol–water partition coefficient (Wildman–Crippen LogP) is 4.44. The maximum atomic E-state index is 13.3.